The van der Waals surface area contributed by atoms with Crippen LogP contribution in [0.25, 0.3) is 5.65 Å². The van der Waals surface area contributed by atoms with Crippen molar-refractivity contribution < 1.29 is 4.42 Å². The van der Waals surface area contributed by atoms with Gasteiger partial charge in [-0.25, -0.2) is 9.50 Å². The Morgan fingerprint density at radius 3 is 3.18 bits per heavy atom. The average molecular weight is 294 g/mol. The van der Waals surface area contributed by atoms with Crippen molar-refractivity contribution in [3.8, 4) is 0 Å². The molecule has 5 rings (SSSR count). The number of fused-ring (bicyclic) bond motifs is 6. The molecule has 2 atom stereocenters. The van der Waals surface area contributed by atoms with Crippen molar-refractivity contribution in [3.63, 3.8) is 0 Å². The average Bonchev–Trinajstić information content (AvgIpc) is 3.19. The number of hydrogen-bond acceptors (Lipinski definition) is 4. The second kappa shape index (κ2) is 4.43. The quantitative estimate of drug-likeness (QED) is 0.729. The molecule has 2 aliphatic heterocycles. The zero-order valence-corrected chi connectivity index (χ0v) is 12.6. The van der Waals surface area contributed by atoms with Gasteiger partial charge in [0.2, 0.25) is 0 Å². The van der Waals surface area contributed by atoms with Gasteiger partial charge in [-0.2, -0.15) is 5.10 Å². The third-order valence-electron chi connectivity index (χ3n) is 5.11. The second-order valence-electron chi connectivity index (χ2n) is 6.47. The number of hydrogen-bond donors (Lipinski definition) is 0. The number of rotatable bonds is 2. The van der Waals surface area contributed by atoms with Crippen molar-refractivity contribution in [1.82, 2.24) is 19.5 Å². The van der Waals surface area contributed by atoms with Gasteiger partial charge in [-0.15, -0.1) is 0 Å². The van der Waals surface area contributed by atoms with Crippen molar-refractivity contribution in [3.05, 3.63) is 53.4 Å². The van der Waals surface area contributed by atoms with Gasteiger partial charge in [0, 0.05) is 48.4 Å². The van der Waals surface area contributed by atoms with Crippen LogP contribution in [-0.2, 0) is 13.0 Å². The molecule has 5 nitrogen and oxygen atoms in total. The van der Waals surface area contributed by atoms with Crippen LogP contribution < -0.4 is 0 Å². The van der Waals surface area contributed by atoms with Gasteiger partial charge in [-0.05, 0) is 25.8 Å². The lowest BCUT2D eigenvalue weighted by atomic mass is 9.98. The highest BCUT2D eigenvalue weighted by molar-refractivity contribution is 5.44. The predicted molar refractivity (Wildman–Crippen MR) is 81.4 cm³/mol. The summed E-state index contributed by atoms with van der Waals surface area (Å²) < 4.78 is 7.28. The molecule has 0 saturated carbocycles. The molecule has 0 amide bonds. The Hall–Kier alpha value is -2.14. The summed E-state index contributed by atoms with van der Waals surface area (Å²) in [6.07, 6.45) is 9.20. The summed E-state index contributed by atoms with van der Waals surface area (Å²) in [5.41, 5.74) is 5.97. The minimum absolute atomic E-state index is 0.463. The molecule has 5 heterocycles. The van der Waals surface area contributed by atoms with Crippen LogP contribution in [0.4, 0.5) is 0 Å². The first-order valence-electron chi connectivity index (χ1n) is 7.90. The van der Waals surface area contributed by atoms with Crippen LogP contribution in [0.2, 0.25) is 0 Å². The van der Waals surface area contributed by atoms with Gasteiger partial charge in [0.1, 0.15) is 0 Å². The first-order valence-corrected chi connectivity index (χ1v) is 7.90. The van der Waals surface area contributed by atoms with Crippen molar-refractivity contribution in [2.45, 2.75) is 44.8 Å². The number of aryl methyl sites for hydroxylation is 1. The smallest absolute Gasteiger partial charge is 0.155 e. The van der Waals surface area contributed by atoms with Crippen molar-refractivity contribution >= 4 is 5.65 Å². The van der Waals surface area contributed by atoms with E-state index in [0.29, 0.717) is 12.1 Å². The van der Waals surface area contributed by atoms with Crippen LogP contribution in [0, 0.1) is 6.92 Å². The first kappa shape index (κ1) is 12.4. The molecular formula is C17H18N4O. The number of aromatic nitrogens is 3. The summed E-state index contributed by atoms with van der Waals surface area (Å²) >= 11 is 0. The maximum Gasteiger partial charge on any atom is 0.155 e. The van der Waals surface area contributed by atoms with E-state index in [0.717, 1.165) is 24.3 Å². The van der Waals surface area contributed by atoms with E-state index in [4.69, 9.17) is 4.42 Å². The molecule has 2 aliphatic rings. The molecule has 1 saturated heterocycles. The minimum atomic E-state index is 0.463. The highest BCUT2D eigenvalue weighted by atomic mass is 16.3. The van der Waals surface area contributed by atoms with Crippen LogP contribution in [0.15, 0.2) is 35.3 Å². The molecule has 0 aliphatic carbocycles. The summed E-state index contributed by atoms with van der Waals surface area (Å²) in [5.74, 6) is 0. The molecular weight excluding hydrogens is 276 g/mol. The largest absolute Gasteiger partial charge is 0.472 e. The SMILES string of the molecule is Cc1cc2ncc3c(n2n1)C[C@H]1CC[C@H]3N1Cc1ccoc1. The summed E-state index contributed by atoms with van der Waals surface area (Å²) in [6, 6.07) is 5.18. The zero-order chi connectivity index (χ0) is 14.7. The summed E-state index contributed by atoms with van der Waals surface area (Å²) in [6.45, 7) is 2.99. The molecule has 0 unspecified atom stereocenters. The van der Waals surface area contributed by atoms with E-state index in [2.05, 4.69) is 37.8 Å². The van der Waals surface area contributed by atoms with Gasteiger partial charge in [0.15, 0.2) is 5.65 Å². The number of furan rings is 1. The maximum absolute atomic E-state index is 5.22. The molecule has 1 fully saturated rings. The molecule has 2 bridgehead atoms. The van der Waals surface area contributed by atoms with E-state index >= 15 is 0 Å². The lowest BCUT2D eigenvalue weighted by Gasteiger charge is -2.35. The fourth-order valence-corrected chi connectivity index (χ4v) is 4.14. The van der Waals surface area contributed by atoms with Gasteiger partial charge >= 0.3 is 0 Å². The monoisotopic (exact) mass is 294 g/mol. The Morgan fingerprint density at radius 2 is 2.32 bits per heavy atom. The third kappa shape index (κ3) is 1.69. The standard InChI is InChI=1S/C17H18N4O/c1-11-6-17-18-8-14-15-3-2-13(7-16(14)21(17)19-11)20(15)9-12-4-5-22-10-12/h4-6,8,10,13,15H,2-3,7,9H2,1H3/t13-,15-/m1/s1. The lowest BCUT2D eigenvalue weighted by Crippen LogP contribution is -2.38. The Kier molecular flexibility index (Phi) is 2.50. The molecule has 0 aromatic carbocycles. The normalized spacial score (nSPS) is 24.0. The first-order chi connectivity index (χ1) is 10.8. The third-order valence-corrected chi connectivity index (χ3v) is 5.11. The Morgan fingerprint density at radius 1 is 1.36 bits per heavy atom. The zero-order valence-electron chi connectivity index (χ0n) is 12.6. The van der Waals surface area contributed by atoms with Crippen LogP contribution in [0.5, 0.6) is 0 Å². The highest BCUT2D eigenvalue weighted by Crippen LogP contribution is 2.44. The molecule has 5 heteroatoms. The fourth-order valence-electron chi connectivity index (χ4n) is 4.14. The van der Waals surface area contributed by atoms with E-state index in [-0.39, 0.29) is 0 Å². The molecule has 22 heavy (non-hydrogen) atoms. The van der Waals surface area contributed by atoms with Gasteiger partial charge < -0.3 is 4.42 Å². The van der Waals surface area contributed by atoms with Gasteiger partial charge in [-0.1, -0.05) is 0 Å². The summed E-state index contributed by atoms with van der Waals surface area (Å²) in [7, 11) is 0. The second-order valence-corrected chi connectivity index (χ2v) is 6.47. The van der Waals surface area contributed by atoms with E-state index in [1.807, 2.05) is 13.2 Å². The van der Waals surface area contributed by atoms with Crippen LogP contribution >= 0.6 is 0 Å². The predicted octanol–water partition coefficient (Wildman–Crippen LogP) is 2.89. The van der Waals surface area contributed by atoms with Gasteiger partial charge in [-0.3, -0.25) is 4.90 Å². The molecule has 0 N–H and O–H groups in total. The molecule has 0 radical (unpaired) electrons. The highest BCUT2D eigenvalue weighted by Gasteiger charge is 2.41. The topological polar surface area (TPSA) is 46.6 Å². The number of nitrogens with zero attached hydrogens (tertiary/aromatic N) is 4. The van der Waals surface area contributed by atoms with E-state index < -0.39 is 0 Å². The van der Waals surface area contributed by atoms with Crippen molar-refractivity contribution in [2.24, 2.45) is 0 Å². The maximum atomic E-state index is 5.22. The van der Waals surface area contributed by atoms with E-state index in [1.165, 1.54) is 29.7 Å². The van der Waals surface area contributed by atoms with Gasteiger partial charge in [0.05, 0.1) is 23.9 Å². The van der Waals surface area contributed by atoms with Crippen molar-refractivity contribution in [1.29, 1.82) is 0 Å². The Labute approximate surface area is 128 Å². The fraction of sp³-hybridized carbons (Fsp3) is 0.412. The summed E-state index contributed by atoms with van der Waals surface area (Å²) in [5, 5.41) is 4.64. The van der Waals surface area contributed by atoms with Crippen LogP contribution in [-0.4, -0.2) is 25.5 Å². The molecule has 3 aromatic rings. The Bertz CT molecular complexity index is 836. The molecule has 112 valence electrons. The lowest BCUT2D eigenvalue weighted by molar-refractivity contribution is 0.164. The minimum Gasteiger partial charge on any atom is -0.472 e. The van der Waals surface area contributed by atoms with E-state index in [1.54, 1.807) is 6.26 Å². The summed E-state index contributed by atoms with van der Waals surface area (Å²) in [4.78, 5) is 7.23. The van der Waals surface area contributed by atoms with Crippen LogP contribution in [0.1, 0.15) is 41.4 Å². The van der Waals surface area contributed by atoms with Crippen LogP contribution in [0.3, 0.4) is 0 Å². The molecule has 0 spiro atoms. The van der Waals surface area contributed by atoms with Crippen molar-refractivity contribution in [2.75, 3.05) is 0 Å². The Balaban J connectivity index is 1.59. The molecule has 3 aromatic heterocycles. The van der Waals surface area contributed by atoms with Gasteiger partial charge in [0.25, 0.3) is 0 Å². The van der Waals surface area contributed by atoms with E-state index in [9.17, 15) is 0 Å².